The number of carbonyl (C=O) groups is 2. The summed E-state index contributed by atoms with van der Waals surface area (Å²) in [5.74, 6) is -4.78. The van der Waals surface area contributed by atoms with Crippen molar-refractivity contribution >= 4 is 21.7 Å². The maximum absolute atomic E-state index is 12.5. The molecule has 25 heavy (non-hydrogen) atoms. The number of hydrogen-bond acceptors (Lipinski definition) is 5. The summed E-state index contributed by atoms with van der Waals surface area (Å²) in [5, 5.41) is 2.80. The third kappa shape index (κ3) is 4.75. The first-order chi connectivity index (χ1) is 11.7. The summed E-state index contributed by atoms with van der Waals surface area (Å²) in [5.41, 5.74) is -0.0336. The van der Waals surface area contributed by atoms with E-state index in [9.17, 15) is 26.8 Å². The topological polar surface area (TPSA) is 89.5 Å². The van der Waals surface area contributed by atoms with Crippen molar-refractivity contribution < 1.29 is 31.5 Å². The van der Waals surface area contributed by atoms with E-state index in [1.807, 2.05) is 0 Å². The van der Waals surface area contributed by atoms with Crippen molar-refractivity contribution in [1.29, 1.82) is 0 Å². The highest BCUT2D eigenvalue weighted by molar-refractivity contribution is 7.91. The molecular weight excluding hydrogens is 356 g/mol. The highest BCUT2D eigenvalue weighted by atomic mass is 32.2. The Morgan fingerprint density at radius 2 is 1.72 bits per heavy atom. The standard InChI is InChI=1S/C16H19F2NO5S/c1-10(14(20)19-12-4-2-3-5-12)24-15(21)11-6-8-13(9-7-11)25(22,23)16(17)18/h6-10,12,16H,2-5H2,1H3,(H,19,20)/t10-/m1/s1. The number of rotatable bonds is 6. The SMILES string of the molecule is C[C@@H](OC(=O)c1ccc(S(=O)(=O)C(F)F)cc1)C(=O)NC1CCCC1. The Morgan fingerprint density at radius 3 is 2.24 bits per heavy atom. The quantitative estimate of drug-likeness (QED) is 0.771. The van der Waals surface area contributed by atoms with Gasteiger partial charge in [-0.1, -0.05) is 12.8 Å². The van der Waals surface area contributed by atoms with Gasteiger partial charge in [0.15, 0.2) is 6.10 Å². The average molecular weight is 375 g/mol. The normalized spacial score (nSPS) is 16.6. The molecule has 0 heterocycles. The maximum atomic E-state index is 12.5. The lowest BCUT2D eigenvalue weighted by atomic mass is 10.2. The van der Waals surface area contributed by atoms with Crippen LogP contribution in [-0.4, -0.2) is 38.2 Å². The fourth-order valence-electron chi connectivity index (χ4n) is 2.55. The molecule has 0 unspecified atom stereocenters. The van der Waals surface area contributed by atoms with Crippen LogP contribution in [0.2, 0.25) is 0 Å². The summed E-state index contributed by atoms with van der Waals surface area (Å²) >= 11 is 0. The first kappa shape index (κ1) is 19.3. The molecule has 0 bridgehead atoms. The molecule has 0 aliphatic heterocycles. The zero-order valence-electron chi connectivity index (χ0n) is 13.6. The van der Waals surface area contributed by atoms with Crippen LogP contribution in [0, 0.1) is 0 Å². The molecule has 1 atom stereocenters. The Balaban J connectivity index is 1.97. The van der Waals surface area contributed by atoms with Crippen molar-refractivity contribution in [1.82, 2.24) is 5.32 Å². The lowest BCUT2D eigenvalue weighted by molar-refractivity contribution is -0.129. The second-order valence-corrected chi connectivity index (χ2v) is 7.79. The summed E-state index contributed by atoms with van der Waals surface area (Å²) in [4.78, 5) is 23.4. The van der Waals surface area contributed by atoms with Gasteiger partial charge >= 0.3 is 11.7 Å². The van der Waals surface area contributed by atoms with Crippen molar-refractivity contribution in [2.45, 2.75) is 55.4 Å². The van der Waals surface area contributed by atoms with Gasteiger partial charge in [-0.25, -0.2) is 13.2 Å². The van der Waals surface area contributed by atoms with E-state index in [-0.39, 0.29) is 11.6 Å². The van der Waals surface area contributed by atoms with Gasteiger partial charge in [0.05, 0.1) is 10.5 Å². The number of esters is 1. The van der Waals surface area contributed by atoms with Crippen LogP contribution in [0.15, 0.2) is 29.2 Å². The number of amides is 1. The molecule has 2 rings (SSSR count). The van der Waals surface area contributed by atoms with E-state index in [4.69, 9.17) is 4.74 Å². The molecule has 0 radical (unpaired) electrons. The Morgan fingerprint density at radius 1 is 1.16 bits per heavy atom. The lowest BCUT2D eigenvalue weighted by Gasteiger charge is -2.17. The van der Waals surface area contributed by atoms with Crippen molar-refractivity contribution in [3.8, 4) is 0 Å². The predicted octanol–water partition coefficient (Wildman–Crippen LogP) is 2.29. The van der Waals surface area contributed by atoms with Crippen molar-refractivity contribution in [2.24, 2.45) is 0 Å². The van der Waals surface area contributed by atoms with Gasteiger partial charge in [0.25, 0.3) is 5.91 Å². The minimum Gasteiger partial charge on any atom is -0.449 e. The Bertz CT molecular complexity index is 727. The van der Waals surface area contributed by atoms with Gasteiger partial charge in [-0.2, -0.15) is 8.78 Å². The van der Waals surface area contributed by atoms with Crippen LogP contribution in [-0.2, 0) is 19.4 Å². The molecule has 0 saturated heterocycles. The summed E-state index contributed by atoms with van der Waals surface area (Å²) in [7, 11) is -4.72. The smallest absolute Gasteiger partial charge is 0.341 e. The van der Waals surface area contributed by atoms with Gasteiger partial charge in [-0.15, -0.1) is 0 Å². The fourth-order valence-corrected chi connectivity index (χ4v) is 3.28. The minimum absolute atomic E-state index is 0.0336. The minimum atomic E-state index is -4.72. The average Bonchev–Trinajstić information content (AvgIpc) is 3.07. The highest BCUT2D eigenvalue weighted by Crippen LogP contribution is 2.20. The van der Waals surface area contributed by atoms with Gasteiger partial charge < -0.3 is 10.1 Å². The van der Waals surface area contributed by atoms with Crippen LogP contribution >= 0.6 is 0 Å². The van der Waals surface area contributed by atoms with Crippen molar-refractivity contribution in [2.75, 3.05) is 0 Å². The number of hydrogen-bond donors (Lipinski definition) is 1. The molecule has 1 aromatic rings. The van der Waals surface area contributed by atoms with Gasteiger partial charge in [-0.05, 0) is 44.0 Å². The van der Waals surface area contributed by atoms with Crippen LogP contribution in [0.25, 0.3) is 0 Å². The predicted molar refractivity (Wildman–Crippen MR) is 84.9 cm³/mol. The number of benzene rings is 1. The third-order valence-electron chi connectivity index (χ3n) is 4.01. The summed E-state index contributed by atoms with van der Waals surface area (Å²) < 4.78 is 52.6. The second-order valence-electron chi connectivity index (χ2n) is 5.87. The van der Waals surface area contributed by atoms with Gasteiger partial charge in [-0.3, -0.25) is 4.79 Å². The largest absolute Gasteiger partial charge is 0.449 e. The number of alkyl halides is 2. The molecule has 1 amide bonds. The molecule has 138 valence electrons. The molecule has 1 saturated carbocycles. The van der Waals surface area contributed by atoms with E-state index in [1.54, 1.807) is 0 Å². The van der Waals surface area contributed by atoms with E-state index in [0.717, 1.165) is 49.9 Å². The Kier molecular flexibility index (Phi) is 6.10. The van der Waals surface area contributed by atoms with Crippen LogP contribution in [0.3, 0.4) is 0 Å². The van der Waals surface area contributed by atoms with Gasteiger partial charge in [0.2, 0.25) is 9.84 Å². The highest BCUT2D eigenvalue weighted by Gasteiger charge is 2.27. The maximum Gasteiger partial charge on any atom is 0.341 e. The van der Waals surface area contributed by atoms with E-state index < -0.39 is 38.5 Å². The van der Waals surface area contributed by atoms with Gasteiger partial charge in [0.1, 0.15) is 0 Å². The molecule has 0 aromatic heterocycles. The first-order valence-corrected chi connectivity index (χ1v) is 9.40. The number of carbonyl (C=O) groups excluding carboxylic acids is 2. The van der Waals surface area contributed by atoms with Crippen LogP contribution < -0.4 is 5.32 Å². The van der Waals surface area contributed by atoms with Crippen molar-refractivity contribution in [3.63, 3.8) is 0 Å². The summed E-state index contributed by atoms with van der Waals surface area (Å²) in [6, 6.07) is 4.04. The number of sulfone groups is 1. The first-order valence-electron chi connectivity index (χ1n) is 7.85. The second kappa shape index (κ2) is 7.90. The van der Waals surface area contributed by atoms with Crippen molar-refractivity contribution in [3.05, 3.63) is 29.8 Å². The molecule has 1 aromatic carbocycles. The molecular formula is C16H19F2NO5S. The number of halogens is 2. The lowest BCUT2D eigenvalue weighted by Crippen LogP contribution is -2.40. The third-order valence-corrected chi connectivity index (χ3v) is 5.41. The van der Waals surface area contributed by atoms with E-state index in [2.05, 4.69) is 5.32 Å². The fraction of sp³-hybridized carbons (Fsp3) is 0.500. The summed E-state index contributed by atoms with van der Waals surface area (Å²) in [6.07, 6.45) is 2.87. The molecule has 9 heteroatoms. The van der Waals surface area contributed by atoms with Crippen LogP contribution in [0.4, 0.5) is 8.78 Å². The van der Waals surface area contributed by atoms with Crippen LogP contribution in [0.5, 0.6) is 0 Å². The molecule has 1 aliphatic rings. The molecule has 1 N–H and O–H groups in total. The van der Waals surface area contributed by atoms with E-state index >= 15 is 0 Å². The molecule has 1 aliphatic carbocycles. The zero-order chi connectivity index (χ0) is 18.6. The Hall–Kier alpha value is -2.03. The summed E-state index contributed by atoms with van der Waals surface area (Å²) in [6.45, 7) is 1.43. The monoisotopic (exact) mass is 375 g/mol. The Labute approximate surface area is 144 Å². The van der Waals surface area contributed by atoms with Crippen LogP contribution in [0.1, 0.15) is 43.0 Å². The molecule has 6 nitrogen and oxygen atoms in total. The van der Waals surface area contributed by atoms with E-state index in [1.165, 1.54) is 6.92 Å². The molecule has 1 fully saturated rings. The number of ether oxygens (including phenoxy) is 1. The van der Waals surface area contributed by atoms with E-state index in [0.29, 0.717) is 0 Å². The van der Waals surface area contributed by atoms with Gasteiger partial charge in [0, 0.05) is 6.04 Å². The molecule has 0 spiro atoms. The zero-order valence-corrected chi connectivity index (χ0v) is 14.4. The number of nitrogens with one attached hydrogen (secondary N) is 1.